The molecule has 35 heavy (non-hydrogen) atoms. The van der Waals surface area contributed by atoms with Crippen molar-refractivity contribution in [3.63, 3.8) is 0 Å². The second kappa shape index (κ2) is 10.4. The third kappa shape index (κ3) is 5.80. The van der Waals surface area contributed by atoms with Crippen molar-refractivity contribution in [1.82, 2.24) is 14.8 Å². The number of carbonyl (C=O) groups is 2. The van der Waals surface area contributed by atoms with Gasteiger partial charge in [0, 0.05) is 42.8 Å². The van der Waals surface area contributed by atoms with E-state index in [9.17, 15) is 19.1 Å². The molecule has 2 aliphatic rings. The molecule has 0 radical (unpaired) electrons. The van der Waals surface area contributed by atoms with Gasteiger partial charge in [-0.2, -0.15) is 0 Å². The Labute approximate surface area is 204 Å². The van der Waals surface area contributed by atoms with E-state index in [2.05, 4.69) is 16.8 Å². The van der Waals surface area contributed by atoms with E-state index < -0.39 is 6.04 Å². The van der Waals surface area contributed by atoms with Gasteiger partial charge in [0.25, 0.3) is 5.91 Å². The third-order valence-corrected chi connectivity index (χ3v) is 6.45. The van der Waals surface area contributed by atoms with Crippen LogP contribution in [0.3, 0.4) is 0 Å². The molecular weight excluding hydrogens is 449 g/mol. The lowest BCUT2D eigenvalue weighted by Crippen LogP contribution is -2.50. The maximum absolute atomic E-state index is 13.5. The molecule has 1 aromatic heterocycles. The van der Waals surface area contributed by atoms with Crippen molar-refractivity contribution in [2.24, 2.45) is 11.8 Å². The normalized spacial score (nSPS) is 20.5. The van der Waals surface area contributed by atoms with Gasteiger partial charge in [-0.1, -0.05) is 24.8 Å². The molecule has 4 rings (SSSR count). The monoisotopic (exact) mass is 479 g/mol. The summed E-state index contributed by atoms with van der Waals surface area (Å²) in [6, 6.07) is 7.15. The molecule has 0 unspecified atom stereocenters. The number of pyridine rings is 1. The SMILES string of the molecule is C[C@@H]1CN([C@@H](C)CO)C(=O)c2cc(C#Cc3cccc(F)c3)cnc2O[C@@H]1CN(C)C(=O)C1CC1. The van der Waals surface area contributed by atoms with Gasteiger partial charge in [-0.25, -0.2) is 9.37 Å². The summed E-state index contributed by atoms with van der Waals surface area (Å²) in [7, 11) is 1.77. The highest BCUT2D eigenvalue weighted by atomic mass is 19.1. The summed E-state index contributed by atoms with van der Waals surface area (Å²) in [4.78, 5) is 33.7. The fraction of sp³-hybridized carbons (Fsp3) is 0.444. The lowest BCUT2D eigenvalue weighted by molar-refractivity contribution is -0.132. The maximum Gasteiger partial charge on any atom is 0.259 e. The molecule has 3 atom stereocenters. The zero-order valence-electron chi connectivity index (χ0n) is 20.2. The molecule has 1 N–H and O–H groups in total. The van der Waals surface area contributed by atoms with E-state index in [0.717, 1.165) is 12.8 Å². The van der Waals surface area contributed by atoms with Gasteiger partial charge in [0.15, 0.2) is 0 Å². The summed E-state index contributed by atoms with van der Waals surface area (Å²) >= 11 is 0. The van der Waals surface area contributed by atoms with E-state index >= 15 is 0 Å². The molecule has 0 saturated heterocycles. The molecular formula is C27H30FN3O4. The van der Waals surface area contributed by atoms with Crippen molar-refractivity contribution in [2.45, 2.75) is 38.8 Å². The smallest absolute Gasteiger partial charge is 0.259 e. The summed E-state index contributed by atoms with van der Waals surface area (Å²) in [6.07, 6.45) is 2.97. The predicted octanol–water partition coefficient (Wildman–Crippen LogP) is 2.71. The van der Waals surface area contributed by atoms with Crippen LogP contribution < -0.4 is 4.74 Å². The van der Waals surface area contributed by atoms with E-state index in [1.165, 1.54) is 18.3 Å². The topological polar surface area (TPSA) is 83.0 Å². The molecule has 1 fully saturated rings. The van der Waals surface area contributed by atoms with Gasteiger partial charge in [-0.15, -0.1) is 0 Å². The molecule has 8 heteroatoms. The van der Waals surface area contributed by atoms with Crippen molar-refractivity contribution in [3.8, 4) is 17.7 Å². The lowest BCUT2D eigenvalue weighted by atomic mass is 9.99. The molecule has 184 valence electrons. The minimum Gasteiger partial charge on any atom is -0.472 e. The number of benzene rings is 1. The number of halogens is 1. The Balaban J connectivity index is 1.66. The van der Waals surface area contributed by atoms with E-state index in [-0.39, 0.29) is 53.6 Å². The molecule has 1 saturated carbocycles. The van der Waals surface area contributed by atoms with Crippen molar-refractivity contribution >= 4 is 11.8 Å². The first kappa shape index (κ1) is 24.7. The Kier molecular flexibility index (Phi) is 7.37. The van der Waals surface area contributed by atoms with Gasteiger partial charge in [-0.05, 0) is 44.0 Å². The Morgan fingerprint density at radius 2 is 2.06 bits per heavy atom. The number of hydrogen-bond donors (Lipinski definition) is 1. The van der Waals surface area contributed by atoms with Crippen LogP contribution in [-0.4, -0.2) is 70.6 Å². The van der Waals surface area contributed by atoms with Gasteiger partial charge >= 0.3 is 0 Å². The van der Waals surface area contributed by atoms with Gasteiger partial charge in [0.1, 0.15) is 17.5 Å². The zero-order valence-corrected chi connectivity index (χ0v) is 20.2. The first-order valence-electron chi connectivity index (χ1n) is 11.9. The number of ether oxygens (including phenoxy) is 1. The summed E-state index contributed by atoms with van der Waals surface area (Å²) in [5.74, 6) is 5.40. The van der Waals surface area contributed by atoms with Crippen molar-refractivity contribution in [3.05, 3.63) is 59.0 Å². The minimum atomic E-state index is -0.413. The summed E-state index contributed by atoms with van der Waals surface area (Å²) in [5, 5.41) is 9.79. The summed E-state index contributed by atoms with van der Waals surface area (Å²) < 4.78 is 19.7. The van der Waals surface area contributed by atoms with Gasteiger partial charge in [0.2, 0.25) is 11.8 Å². The fourth-order valence-electron chi connectivity index (χ4n) is 4.10. The number of rotatable bonds is 5. The van der Waals surface area contributed by atoms with Crippen LogP contribution in [0.4, 0.5) is 4.39 Å². The first-order chi connectivity index (χ1) is 16.8. The highest BCUT2D eigenvalue weighted by molar-refractivity contribution is 5.97. The van der Waals surface area contributed by atoms with Crippen LogP contribution in [0.1, 0.15) is 48.2 Å². The average Bonchev–Trinajstić information content (AvgIpc) is 3.69. The minimum absolute atomic E-state index is 0.0981. The predicted molar refractivity (Wildman–Crippen MR) is 128 cm³/mol. The van der Waals surface area contributed by atoms with E-state index in [1.54, 1.807) is 42.0 Å². The fourth-order valence-corrected chi connectivity index (χ4v) is 4.10. The van der Waals surface area contributed by atoms with Crippen LogP contribution in [0.2, 0.25) is 0 Å². The molecule has 2 heterocycles. The Morgan fingerprint density at radius 3 is 2.74 bits per heavy atom. The van der Waals surface area contributed by atoms with Gasteiger partial charge in [-0.3, -0.25) is 9.59 Å². The van der Waals surface area contributed by atoms with Crippen molar-refractivity contribution in [2.75, 3.05) is 26.7 Å². The Hall–Kier alpha value is -3.44. The molecule has 2 aromatic rings. The van der Waals surface area contributed by atoms with Crippen LogP contribution in [0.5, 0.6) is 5.88 Å². The third-order valence-electron chi connectivity index (χ3n) is 6.45. The number of carbonyl (C=O) groups excluding carboxylic acids is 2. The molecule has 0 bridgehead atoms. The molecule has 1 aliphatic heterocycles. The second-order valence-corrected chi connectivity index (χ2v) is 9.45. The highest BCUT2D eigenvalue weighted by Gasteiger charge is 2.37. The van der Waals surface area contributed by atoms with Crippen molar-refractivity contribution < 1.29 is 23.8 Å². The average molecular weight is 480 g/mol. The zero-order chi connectivity index (χ0) is 25.1. The van der Waals surface area contributed by atoms with Gasteiger partial charge < -0.3 is 19.6 Å². The van der Waals surface area contributed by atoms with Crippen LogP contribution in [0.15, 0.2) is 36.5 Å². The lowest BCUT2D eigenvalue weighted by Gasteiger charge is -2.37. The van der Waals surface area contributed by atoms with E-state index in [1.807, 2.05) is 6.92 Å². The molecule has 1 aromatic carbocycles. The number of hydrogen-bond acceptors (Lipinski definition) is 5. The standard InChI is InChI=1S/C27H30FN3O4/c1-17-14-31(18(2)16-32)27(34)23-12-20(8-7-19-5-4-6-22(28)11-19)13-29-25(23)35-24(17)15-30(3)26(33)21-9-10-21/h4-6,11-13,17-18,21,24,32H,9-10,14-16H2,1-3H3/t17-,18+,24-/m1/s1. The number of aliphatic hydroxyl groups excluding tert-OH is 1. The van der Waals surface area contributed by atoms with Crippen LogP contribution in [0, 0.1) is 29.5 Å². The molecule has 2 amide bonds. The number of amides is 2. The quantitative estimate of drug-likeness (QED) is 0.667. The van der Waals surface area contributed by atoms with Crippen LogP contribution in [0.25, 0.3) is 0 Å². The molecule has 1 aliphatic carbocycles. The first-order valence-corrected chi connectivity index (χ1v) is 11.9. The van der Waals surface area contributed by atoms with E-state index in [4.69, 9.17) is 4.74 Å². The van der Waals surface area contributed by atoms with E-state index in [0.29, 0.717) is 24.2 Å². The second-order valence-electron chi connectivity index (χ2n) is 9.45. The summed E-state index contributed by atoms with van der Waals surface area (Å²) in [6.45, 7) is 4.29. The van der Waals surface area contributed by atoms with Crippen LogP contribution in [-0.2, 0) is 4.79 Å². The van der Waals surface area contributed by atoms with Crippen molar-refractivity contribution in [1.29, 1.82) is 0 Å². The van der Waals surface area contributed by atoms with Crippen LogP contribution >= 0.6 is 0 Å². The maximum atomic E-state index is 13.5. The number of likely N-dealkylation sites (N-methyl/N-ethyl adjacent to an activating group) is 1. The molecule has 0 spiro atoms. The number of fused-ring (bicyclic) bond motifs is 1. The highest BCUT2D eigenvalue weighted by Crippen LogP contribution is 2.32. The largest absolute Gasteiger partial charge is 0.472 e. The summed E-state index contributed by atoms with van der Waals surface area (Å²) in [5.41, 5.74) is 1.23. The number of nitrogens with zero attached hydrogens (tertiary/aromatic N) is 3. The molecule has 7 nitrogen and oxygen atoms in total. The number of aromatic nitrogens is 1. The van der Waals surface area contributed by atoms with Gasteiger partial charge in [0.05, 0.1) is 19.2 Å². The Morgan fingerprint density at radius 1 is 1.31 bits per heavy atom. The number of aliphatic hydroxyl groups is 1. The Bertz CT molecular complexity index is 1170.